The van der Waals surface area contributed by atoms with Crippen molar-refractivity contribution in [2.45, 2.75) is 38.2 Å². The first-order chi connectivity index (χ1) is 14.7. The van der Waals surface area contributed by atoms with Gasteiger partial charge in [-0.2, -0.15) is 4.31 Å². The van der Waals surface area contributed by atoms with Crippen LogP contribution in [0.3, 0.4) is 0 Å². The fourth-order valence-electron chi connectivity index (χ4n) is 3.59. The molecule has 0 aliphatic carbocycles. The zero-order chi connectivity index (χ0) is 22.8. The summed E-state index contributed by atoms with van der Waals surface area (Å²) >= 11 is 6.14. The zero-order valence-electron chi connectivity index (χ0n) is 17.7. The summed E-state index contributed by atoms with van der Waals surface area (Å²) in [5.41, 5.74) is 1.77. The minimum atomic E-state index is -3.77. The van der Waals surface area contributed by atoms with Crippen molar-refractivity contribution in [2.75, 3.05) is 24.5 Å². The quantitative estimate of drug-likeness (QED) is 0.585. The van der Waals surface area contributed by atoms with Gasteiger partial charge in [-0.3, -0.25) is 4.79 Å². The summed E-state index contributed by atoms with van der Waals surface area (Å²) in [4.78, 5) is 27.1. The first-order valence-corrected chi connectivity index (χ1v) is 11.9. The molecule has 0 bridgehead atoms. The lowest BCUT2D eigenvalue weighted by molar-refractivity contribution is -0.126. The number of amides is 1. The van der Waals surface area contributed by atoms with Gasteiger partial charge >= 0.3 is 5.97 Å². The molecule has 0 aromatic heterocycles. The maximum Gasteiger partial charge on any atom is 0.340 e. The third kappa shape index (κ3) is 4.61. The van der Waals surface area contributed by atoms with Crippen molar-refractivity contribution in [3.8, 4) is 0 Å². The Hall–Kier alpha value is -2.42. The molecule has 1 aliphatic heterocycles. The fraction of sp³-hybridized carbons (Fsp3) is 0.364. The third-order valence-electron chi connectivity index (χ3n) is 5.29. The van der Waals surface area contributed by atoms with Gasteiger partial charge in [0, 0.05) is 25.3 Å². The van der Waals surface area contributed by atoms with E-state index in [2.05, 4.69) is 0 Å². The lowest BCUT2D eigenvalue weighted by Gasteiger charge is -2.22. The van der Waals surface area contributed by atoms with Crippen LogP contribution < -0.4 is 4.90 Å². The number of nitrogens with zero attached hydrogens (tertiary/aromatic N) is 2. The normalized spacial score (nSPS) is 14.4. The molecule has 0 saturated carbocycles. The van der Waals surface area contributed by atoms with Crippen LogP contribution in [-0.4, -0.2) is 50.3 Å². The predicted molar refractivity (Wildman–Crippen MR) is 119 cm³/mol. The van der Waals surface area contributed by atoms with E-state index in [9.17, 15) is 18.0 Å². The number of esters is 1. The fourth-order valence-corrected chi connectivity index (χ4v) is 5.27. The van der Waals surface area contributed by atoms with Gasteiger partial charge in [-0.25, -0.2) is 13.2 Å². The number of para-hydroxylation sites is 1. The van der Waals surface area contributed by atoms with Crippen LogP contribution in [0.2, 0.25) is 5.02 Å². The average molecular weight is 465 g/mol. The molecular weight excluding hydrogens is 440 g/mol. The van der Waals surface area contributed by atoms with Crippen molar-refractivity contribution < 1.29 is 22.7 Å². The van der Waals surface area contributed by atoms with Crippen LogP contribution in [0.25, 0.3) is 0 Å². The van der Waals surface area contributed by atoms with Crippen LogP contribution in [0, 0.1) is 0 Å². The minimum absolute atomic E-state index is 0.0506. The Labute approximate surface area is 187 Å². The molecule has 0 N–H and O–H groups in total. The third-order valence-corrected chi connectivity index (χ3v) is 7.66. The van der Waals surface area contributed by atoms with Crippen LogP contribution in [0.15, 0.2) is 47.4 Å². The number of halogens is 1. The average Bonchev–Trinajstić information content (AvgIpc) is 3.18. The maximum absolute atomic E-state index is 12.9. The number of fused-ring (bicyclic) bond motifs is 1. The molecule has 1 atom stereocenters. The molecule has 31 heavy (non-hydrogen) atoms. The van der Waals surface area contributed by atoms with E-state index in [1.165, 1.54) is 29.4 Å². The Bertz CT molecular complexity index is 1100. The van der Waals surface area contributed by atoms with Gasteiger partial charge in [-0.05, 0) is 43.2 Å². The van der Waals surface area contributed by atoms with Crippen LogP contribution in [0.4, 0.5) is 5.69 Å². The second-order valence-electron chi connectivity index (χ2n) is 7.15. The predicted octanol–water partition coefficient (Wildman–Crippen LogP) is 3.51. The van der Waals surface area contributed by atoms with Gasteiger partial charge in [-0.1, -0.05) is 43.6 Å². The molecule has 0 unspecified atom stereocenters. The summed E-state index contributed by atoms with van der Waals surface area (Å²) < 4.78 is 32.2. The standard InChI is InChI=1S/C22H25ClN2O5S/c1-4-24(5-2)31(28,29)17-10-11-19(23)18(14-17)22(27)30-15(3)21(26)25-13-12-16-8-6-7-9-20(16)25/h6-11,14-15H,4-5,12-13H2,1-3H3/t15-/m0/s1. The van der Waals surface area contributed by atoms with Gasteiger partial charge < -0.3 is 9.64 Å². The summed E-state index contributed by atoms with van der Waals surface area (Å²) in [5, 5.41) is 0.0506. The molecule has 0 spiro atoms. The Morgan fingerprint density at radius 1 is 1.16 bits per heavy atom. The van der Waals surface area contributed by atoms with Crippen molar-refractivity contribution in [1.29, 1.82) is 0 Å². The molecule has 2 aromatic carbocycles. The summed E-state index contributed by atoms with van der Waals surface area (Å²) in [6.45, 7) is 6.06. The van der Waals surface area contributed by atoms with Gasteiger partial charge in [0.15, 0.2) is 6.10 Å². The number of carbonyl (C=O) groups is 2. The Balaban J connectivity index is 1.80. The smallest absolute Gasteiger partial charge is 0.340 e. The molecule has 3 rings (SSSR count). The zero-order valence-corrected chi connectivity index (χ0v) is 19.2. The van der Waals surface area contributed by atoms with Crippen LogP contribution in [0.5, 0.6) is 0 Å². The van der Waals surface area contributed by atoms with Crippen molar-refractivity contribution in [1.82, 2.24) is 4.31 Å². The second kappa shape index (κ2) is 9.38. The highest BCUT2D eigenvalue weighted by atomic mass is 35.5. The molecule has 0 radical (unpaired) electrons. The molecule has 0 fully saturated rings. The molecular formula is C22H25ClN2O5S. The Morgan fingerprint density at radius 2 is 1.84 bits per heavy atom. The van der Waals surface area contributed by atoms with Gasteiger partial charge in [0.1, 0.15) is 0 Å². The van der Waals surface area contributed by atoms with E-state index in [0.29, 0.717) is 19.6 Å². The van der Waals surface area contributed by atoms with Gasteiger partial charge in [-0.15, -0.1) is 0 Å². The lowest BCUT2D eigenvalue weighted by atomic mass is 10.2. The van der Waals surface area contributed by atoms with Crippen molar-refractivity contribution in [2.24, 2.45) is 0 Å². The maximum atomic E-state index is 12.9. The van der Waals surface area contributed by atoms with Crippen molar-refractivity contribution >= 4 is 39.2 Å². The summed E-state index contributed by atoms with van der Waals surface area (Å²) in [5.74, 6) is -1.20. The first-order valence-electron chi connectivity index (χ1n) is 10.1. The number of ether oxygens (including phenoxy) is 1. The van der Waals surface area contributed by atoms with Crippen LogP contribution >= 0.6 is 11.6 Å². The van der Waals surface area contributed by atoms with Crippen molar-refractivity contribution in [3.05, 3.63) is 58.6 Å². The number of hydrogen-bond donors (Lipinski definition) is 0. The van der Waals surface area contributed by atoms with Crippen LogP contribution in [-0.2, 0) is 26.0 Å². The molecule has 1 heterocycles. The van der Waals surface area contributed by atoms with E-state index in [1.54, 1.807) is 18.7 Å². The molecule has 9 heteroatoms. The van der Waals surface area contributed by atoms with Gasteiger partial charge in [0.25, 0.3) is 5.91 Å². The number of anilines is 1. The second-order valence-corrected chi connectivity index (χ2v) is 9.49. The highest BCUT2D eigenvalue weighted by Gasteiger charge is 2.31. The summed E-state index contributed by atoms with van der Waals surface area (Å²) in [7, 11) is -3.77. The largest absolute Gasteiger partial charge is 0.449 e. The van der Waals surface area contributed by atoms with E-state index >= 15 is 0 Å². The van der Waals surface area contributed by atoms with Gasteiger partial charge in [0.2, 0.25) is 10.0 Å². The SMILES string of the molecule is CCN(CC)S(=O)(=O)c1ccc(Cl)c(C(=O)O[C@@H](C)C(=O)N2CCc3ccccc32)c1. The lowest BCUT2D eigenvalue weighted by Crippen LogP contribution is -2.39. The Morgan fingerprint density at radius 3 is 2.52 bits per heavy atom. The molecule has 1 amide bonds. The van der Waals surface area contributed by atoms with E-state index < -0.39 is 22.1 Å². The topological polar surface area (TPSA) is 84.0 Å². The van der Waals surface area contributed by atoms with E-state index in [0.717, 1.165) is 17.7 Å². The van der Waals surface area contributed by atoms with Gasteiger partial charge in [0.05, 0.1) is 15.5 Å². The van der Waals surface area contributed by atoms with E-state index in [-0.39, 0.29) is 21.4 Å². The van der Waals surface area contributed by atoms with E-state index in [1.807, 2.05) is 24.3 Å². The van der Waals surface area contributed by atoms with E-state index in [4.69, 9.17) is 16.3 Å². The highest BCUT2D eigenvalue weighted by molar-refractivity contribution is 7.89. The number of hydrogen-bond acceptors (Lipinski definition) is 5. The molecule has 166 valence electrons. The number of benzene rings is 2. The van der Waals surface area contributed by atoms with Crippen LogP contribution in [0.1, 0.15) is 36.7 Å². The molecule has 1 aliphatic rings. The Kier molecular flexibility index (Phi) is 7.03. The summed E-state index contributed by atoms with van der Waals surface area (Å²) in [6, 6.07) is 11.5. The molecule has 2 aromatic rings. The van der Waals surface area contributed by atoms with Crippen molar-refractivity contribution in [3.63, 3.8) is 0 Å². The monoisotopic (exact) mass is 464 g/mol. The summed E-state index contributed by atoms with van der Waals surface area (Å²) in [6.07, 6.45) is -0.322. The molecule has 7 nitrogen and oxygen atoms in total. The number of sulfonamides is 1. The number of rotatable bonds is 7. The first kappa shape index (κ1) is 23.2. The minimum Gasteiger partial charge on any atom is -0.449 e. The highest BCUT2D eigenvalue weighted by Crippen LogP contribution is 2.29. The number of carbonyl (C=O) groups excluding carboxylic acids is 2. The molecule has 0 saturated heterocycles.